The summed E-state index contributed by atoms with van der Waals surface area (Å²) in [6.45, 7) is 4.08. The van der Waals surface area contributed by atoms with E-state index in [1.54, 1.807) is 6.20 Å². The normalized spacial score (nSPS) is 16.5. The lowest BCUT2D eigenvalue weighted by Gasteiger charge is -2.37. The van der Waals surface area contributed by atoms with Gasteiger partial charge >= 0.3 is 0 Å². The summed E-state index contributed by atoms with van der Waals surface area (Å²) in [5.41, 5.74) is 3.40. The number of aryl methyl sites for hydroxylation is 2. The van der Waals surface area contributed by atoms with E-state index >= 15 is 0 Å². The molecule has 1 fully saturated rings. The number of benzene rings is 1. The van der Waals surface area contributed by atoms with Gasteiger partial charge in [0.2, 0.25) is 5.91 Å². The number of anilines is 1. The molecule has 1 amide bonds. The third-order valence-corrected chi connectivity index (χ3v) is 7.62. The Labute approximate surface area is 146 Å². The minimum absolute atomic E-state index is 0.382. The first kappa shape index (κ1) is 17.1. The van der Waals surface area contributed by atoms with E-state index in [1.807, 2.05) is 26.0 Å². The zero-order valence-corrected chi connectivity index (χ0v) is 15.6. The van der Waals surface area contributed by atoms with E-state index in [-0.39, 0.29) is 0 Å². The van der Waals surface area contributed by atoms with Crippen molar-refractivity contribution < 1.29 is 13.2 Å². The summed E-state index contributed by atoms with van der Waals surface area (Å²) in [4.78, 5) is 17.7. The Morgan fingerprint density at radius 1 is 1.29 bits per heavy atom. The zero-order chi connectivity index (χ0) is 17.5. The van der Waals surface area contributed by atoms with Crippen LogP contribution in [0.15, 0.2) is 24.4 Å². The van der Waals surface area contributed by atoms with E-state index in [1.165, 1.54) is 16.9 Å². The number of hydrogen-bond donors (Lipinski definition) is 1. The molecule has 5 nitrogen and oxygen atoms in total. The molecule has 1 aromatic heterocycles. The van der Waals surface area contributed by atoms with Gasteiger partial charge in [0.25, 0.3) is 0 Å². The molecule has 0 bridgehead atoms. The molecule has 1 saturated carbocycles. The Hall–Kier alpha value is -1.73. The molecule has 0 spiro atoms. The van der Waals surface area contributed by atoms with Gasteiger partial charge < -0.3 is 5.32 Å². The van der Waals surface area contributed by atoms with Crippen LogP contribution in [0.1, 0.15) is 30.4 Å². The predicted octanol–water partition coefficient (Wildman–Crippen LogP) is 3.33. The van der Waals surface area contributed by atoms with Crippen molar-refractivity contribution in [3.63, 3.8) is 0 Å². The van der Waals surface area contributed by atoms with Gasteiger partial charge in [0, 0.05) is 12.5 Å². The van der Waals surface area contributed by atoms with Crippen LogP contribution < -0.4 is 5.32 Å². The van der Waals surface area contributed by atoms with Gasteiger partial charge in [0.15, 0.2) is 19.7 Å². The minimum Gasteiger partial charge on any atom is -0.301 e. The topological polar surface area (TPSA) is 76.1 Å². The Balaban J connectivity index is 1.83. The first-order chi connectivity index (χ1) is 11.2. The van der Waals surface area contributed by atoms with Gasteiger partial charge in [-0.15, -0.1) is 0 Å². The average molecular weight is 364 g/mol. The Bertz CT molecular complexity index is 896. The van der Waals surface area contributed by atoms with Crippen LogP contribution in [0.3, 0.4) is 0 Å². The molecule has 0 unspecified atom stereocenters. The average Bonchev–Trinajstić information content (AvgIpc) is 2.83. The number of carbonyl (C=O) groups is 1. The van der Waals surface area contributed by atoms with Gasteiger partial charge in [-0.1, -0.05) is 35.1 Å². The molecule has 24 heavy (non-hydrogen) atoms. The van der Waals surface area contributed by atoms with Crippen molar-refractivity contribution in [1.82, 2.24) is 4.98 Å². The van der Waals surface area contributed by atoms with Crippen LogP contribution >= 0.6 is 11.3 Å². The highest BCUT2D eigenvalue weighted by molar-refractivity contribution is 7.93. The second-order valence-corrected chi connectivity index (χ2v) is 9.78. The number of aromatic nitrogens is 1. The molecule has 1 aliphatic carbocycles. The Kier molecular flexibility index (Phi) is 4.25. The van der Waals surface area contributed by atoms with Crippen molar-refractivity contribution in [2.75, 3.05) is 11.6 Å². The van der Waals surface area contributed by atoms with Crippen LogP contribution in [0, 0.1) is 13.8 Å². The quantitative estimate of drug-likeness (QED) is 0.903. The van der Waals surface area contributed by atoms with Crippen LogP contribution in [0.2, 0.25) is 0 Å². The lowest BCUT2D eigenvalue weighted by molar-refractivity contribution is -0.120. The van der Waals surface area contributed by atoms with E-state index in [9.17, 15) is 13.2 Å². The summed E-state index contributed by atoms with van der Waals surface area (Å²) in [6, 6.07) is 6.17. The second kappa shape index (κ2) is 5.97. The summed E-state index contributed by atoms with van der Waals surface area (Å²) < 4.78 is 22.7. The molecule has 2 aromatic rings. The largest absolute Gasteiger partial charge is 0.301 e. The molecule has 7 heteroatoms. The second-order valence-electron chi connectivity index (χ2n) is 6.42. The van der Waals surface area contributed by atoms with Gasteiger partial charge in [-0.2, -0.15) is 0 Å². The fourth-order valence-electron chi connectivity index (χ4n) is 3.02. The number of nitrogens with zero attached hydrogens (tertiary/aromatic N) is 1. The highest BCUT2D eigenvalue weighted by atomic mass is 32.2. The predicted molar refractivity (Wildman–Crippen MR) is 97.1 cm³/mol. The van der Waals surface area contributed by atoms with Gasteiger partial charge in [-0.3, -0.25) is 4.79 Å². The molecule has 1 aromatic carbocycles. The van der Waals surface area contributed by atoms with Gasteiger partial charge in [-0.05, 0) is 44.2 Å². The Morgan fingerprint density at radius 2 is 2.00 bits per heavy atom. The van der Waals surface area contributed by atoms with Crippen molar-refractivity contribution in [2.24, 2.45) is 0 Å². The summed E-state index contributed by atoms with van der Waals surface area (Å²) in [5.74, 6) is -0.460. The fourth-order valence-corrected chi connectivity index (χ4v) is 5.34. The van der Waals surface area contributed by atoms with Crippen LogP contribution in [-0.4, -0.2) is 30.3 Å². The van der Waals surface area contributed by atoms with Crippen molar-refractivity contribution in [3.8, 4) is 10.4 Å². The number of carbonyl (C=O) groups excluding carboxylic acids is 1. The molecule has 0 aliphatic heterocycles. The van der Waals surface area contributed by atoms with Crippen LogP contribution in [0.5, 0.6) is 0 Å². The van der Waals surface area contributed by atoms with Gasteiger partial charge in [0.1, 0.15) is 0 Å². The summed E-state index contributed by atoms with van der Waals surface area (Å²) in [6.07, 6.45) is 4.37. The number of hydrogen-bond acceptors (Lipinski definition) is 5. The standard InChI is InChI=1S/C17H20N2O3S2/c1-11-5-6-13(12(2)9-11)14-10-18-16(23-14)19-15(20)17(7-4-8-17)24(3,21)22/h5-6,9-10H,4,7-8H2,1-3H3,(H,18,19,20). The number of nitrogens with one attached hydrogen (secondary N) is 1. The molecular weight excluding hydrogens is 344 g/mol. The molecule has 3 rings (SSSR count). The molecule has 1 aliphatic rings. The summed E-state index contributed by atoms with van der Waals surface area (Å²) in [5, 5.41) is 3.14. The molecule has 128 valence electrons. The first-order valence-electron chi connectivity index (χ1n) is 7.77. The molecule has 0 radical (unpaired) electrons. The Morgan fingerprint density at radius 3 is 2.54 bits per heavy atom. The van der Waals surface area contributed by atoms with Crippen molar-refractivity contribution >= 4 is 32.2 Å². The van der Waals surface area contributed by atoms with Crippen LogP contribution in [0.25, 0.3) is 10.4 Å². The first-order valence-corrected chi connectivity index (χ1v) is 10.5. The molecule has 1 N–H and O–H groups in total. The monoisotopic (exact) mass is 364 g/mol. The van der Waals surface area contributed by atoms with Crippen molar-refractivity contribution in [3.05, 3.63) is 35.5 Å². The van der Waals surface area contributed by atoms with Crippen molar-refractivity contribution in [2.45, 2.75) is 37.9 Å². The van der Waals surface area contributed by atoms with Crippen molar-refractivity contribution in [1.29, 1.82) is 0 Å². The molecule has 0 atom stereocenters. The maximum absolute atomic E-state index is 12.5. The smallest absolute Gasteiger partial charge is 0.247 e. The lowest BCUT2D eigenvalue weighted by Crippen LogP contribution is -2.54. The highest BCUT2D eigenvalue weighted by Crippen LogP contribution is 2.40. The van der Waals surface area contributed by atoms with Crippen LogP contribution in [-0.2, 0) is 14.6 Å². The highest BCUT2D eigenvalue weighted by Gasteiger charge is 2.53. The van der Waals surface area contributed by atoms with E-state index in [0.717, 1.165) is 28.7 Å². The third-order valence-electron chi connectivity index (χ3n) is 4.66. The maximum atomic E-state index is 12.5. The summed E-state index contributed by atoms with van der Waals surface area (Å²) in [7, 11) is -3.44. The maximum Gasteiger partial charge on any atom is 0.247 e. The fraction of sp³-hybridized carbons (Fsp3) is 0.412. The number of rotatable bonds is 4. The van der Waals surface area contributed by atoms with E-state index < -0.39 is 20.5 Å². The van der Waals surface area contributed by atoms with Gasteiger partial charge in [-0.25, -0.2) is 13.4 Å². The SMILES string of the molecule is Cc1ccc(-c2cnc(NC(=O)C3(S(C)(=O)=O)CCC3)s2)c(C)c1. The lowest BCUT2D eigenvalue weighted by atomic mass is 9.83. The zero-order valence-electron chi connectivity index (χ0n) is 13.9. The molecular formula is C17H20N2O3S2. The molecule has 1 heterocycles. The number of sulfone groups is 1. The van der Waals surface area contributed by atoms with Gasteiger partial charge in [0.05, 0.1) is 4.88 Å². The molecule has 0 saturated heterocycles. The van der Waals surface area contributed by atoms with Crippen LogP contribution in [0.4, 0.5) is 5.13 Å². The van der Waals surface area contributed by atoms with E-state index in [0.29, 0.717) is 18.0 Å². The number of thiazole rings is 1. The van der Waals surface area contributed by atoms with E-state index in [4.69, 9.17) is 0 Å². The van der Waals surface area contributed by atoms with E-state index in [2.05, 4.69) is 16.4 Å². The summed E-state index contributed by atoms with van der Waals surface area (Å²) >= 11 is 1.36. The number of amides is 1. The minimum atomic E-state index is -3.44. The third kappa shape index (κ3) is 2.86.